The molecule has 1 aromatic carbocycles. The van der Waals surface area contributed by atoms with E-state index in [9.17, 15) is 8.42 Å². The van der Waals surface area contributed by atoms with Crippen molar-refractivity contribution in [3.63, 3.8) is 0 Å². The second-order valence-corrected chi connectivity index (χ2v) is 8.02. The minimum Gasteiger partial charge on any atom is -0.454 e. The van der Waals surface area contributed by atoms with Crippen molar-refractivity contribution in [1.82, 2.24) is 4.31 Å². The lowest BCUT2D eigenvalue weighted by Gasteiger charge is -2.31. The van der Waals surface area contributed by atoms with Gasteiger partial charge in [-0.15, -0.1) is 0 Å². The number of rotatable bonds is 7. The molecule has 6 nitrogen and oxygen atoms in total. The molecule has 1 aliphatic rings. The molecule has 0 amide bonds. The van der Waals surface area contributed by atoms with Gasteiger partial charge in [0.2, 0.25) is 16.8 Å². The molecule has 0 atom stereocenters. The van der Waals surface area contributed by atoms with Gasteiger partial charge in [-0.1, -0.05) is 20.8 Å². The third-order valence-corrected chi connectivity index (χ3v) is 5.64. The van der Waals surface area contributed by atoms with Crippen LogP contribution in [0.25, 0.3) is 0 Å². The van der Waals surface area contributed by atoms with Crippen molar-refractivity contribution in [3.05, 3.63) is 18.2 Å². The highest BCUT2D eigenvalue weighted by Gasteiger charge is 2.30. The molecule has 7 heteroatoms. The number of nitrogens with zero attached hydrogens (tertiary/aromatic N) is 1. The molecule has 1 heterocycles. The Bertz CT molecular complexity index is 627. The number of fused-ring (bicyclic) bond motifs is 1. The molecule has 0 fully saturated rings. The van der Waals surface area contributed by atoms with Gasteiger partial charge in [0.1, 0.15) is 0 Å². The van der Waals surface area contributed by atoms with Crippen LogP contribution in [0.5, 0.6) is 11.5 Å². The van der Waals surface area contributed by atoms with Crippen molar-refractivity contribution < 1.29 is 23.0 Å². The van der Waals surface area contributed by atoms with E-state index in [-0.39, 0.29) is 23.7 Å². The van der Waals surface area contributed by atoms with E-state index in [2.05, 4.69) is 0 Å². The van der Waals surface area contributed by atoms with Gasteiger partial charge >= 0.3 is 0 Å². The van der Waals surface area contributed by atoms with Crippen molar-refractivity contribution in [2.45, 2.75) is 32.1 Å². The molecule has 0 unspecified atom stereocenters. The molecule has 1 N–H and O–H groups in total. The smallest absolute Gasteiger partial charge is 0.243 e. The lowest BCUT2D eigenvalue weighted by Crippen LogP contribution is -2.39. The van der Waals surface area contributed by atoms with Crippen LogP contribution in [0, 0.1) is 5.41 Å². The highest BCUT2D eigenvalue weighted by Crippen LogP contribution is 2.35. The standard InChI is InChI=1S/C15H23NO5S/c1-4-16(10-15(2,3)7-8-17)22(18,19)12-5-6-13-14(9-12)21-11-20-13/h5-6,9,17H,4,7-8,10-11H2,1-3H3. The highest BCUT2D eigenvalue weighted by molar-refractivity contribution is 7.89. The first kappa shape index (κ1) is 17.1. The summed E-state index contributed by atoms with van der Waals surface area (Å²) in [6.07, 6.45) is 0.542. The lowest BCUT2D eigenvalue weighted by molar-refractivity contribution is 0.174. The molecule has 1 aromatic rings. The Kier molecular flexibility index (Phi) is 4.99. The van der Waals surface area contributed by atoms with E-state index >= 15 is 0 Å². The first-order valence-corrected chi connectivity index (χ1v) is 8.75. The van der Waals surface area contributed by atoms with E-state index in [4.69, 9.17) is 14.6 Å². The summed E-state index contributed by atoms with van der Waals surface area (Å²) in [7, 11) is -3.61. The summed E-state index contributed by atoms with van der Waals surface area (Å²) in [5.41, 5.74) is -0.297. The van der Waals surface area contributed by atoms with Crippen LogP contribution in [0.1, 0.15) is 27.2 Å². The van der Waals surface area contributed by atoms with Gasteiger partial charge in [-0.2, -0.15) is 4.31 Å². The molecule has 0 aliphatic carbocycles. The maximum absolute atomic E-state index is 12.8. The molecular weight excluding hydrogens is 306 g/mol. The van der Waals surface area contributed by atoms with E-state index < -0.39 is 10.0 Å². The number of hydrogen-bond donors (Lipinski definition) is 1. The fourth-order valence-electron chi connectivity index (χ4n) is 2.41. The summed E-state index contributed by atoms with van der Waals surface area (Å²) in [6.45, 7) is 6.56. The fourth-order valence-corrected chi connectivity index (χ4v) is 4.07. The van der Waals surface area contributed by atoms with E-state index in [0.29, 0.717) is 31.0 Å². The minimum absolute atomic E-state index is 0.0363. The summed E-state index contributed by atoms with van der Waals surface area (Å²) in [4.78, 5) is 0.193. The number of ether oxygens (including phenoxy) is 2. The summed E-state index contributed by atoms with van der Waals surface area (Å²) in [5, 5.41) is 9.11. The first-order valence-electron chi connectivity index (χ1n) is 7.31. The number of aliphatic hydroxyl groups excluding tert-OH is 1. The normalized spacial score (nSPS) is 14.6. The largest absolute Gasteiger partial charge is 0.454 e. The monoisotopic (exact) mass is 329 g/mol. The molecular formula is C15H23NO5S. The summed E-state index contributed by atoms with van der Waals surface area (Å²) in [6, 6.07) is 4.64. The highest BCUT2D eigenvalue weighted by atomic mass is 32.2. The van der Waals surface area contributed by atoms with Gasteiger partial charge in [-0.3, -0.25) is 0 Å². The summed E-state index contributed by atoms with van der Waals surface area (Å²) < 4.78 is 37.5. The lowest BCUT2D eigenvalue weighted by atomic mass is 9.90. The zero-order valence-electron chi connectivity index (χ0n) is 13.2. The minimum atomic E-state index is -3.61. The van der Waals surface area contributed by atoms with Gasteiger partial charge in [-0.25, -0.2) is 8.42 Å². The van der Waals surface area contributed by atoms with Crippen LogP contribution in [-0.2, 0) is 10.0 Å². The van der Waals surface area contributed by atoms with Gasteiger partial charge in [0.15, 0.2) is 11.5 Å². The van der Waals surface area contributed by atoms with Gasteiger partial charge in [0.05, 0.1) is 4.90 Å². The molecule has 1 aliphatic heterocycles. The Labute approximate surface area is 131 Å². The van der Waals surface area contributed by atoms with Crippen LogP contribution in [0.2, 0.25) is 0 Å². The Balaban J connectivity index is 2.27. The van der Waals surface area contributed by atoms with Gasteiger partial charge in [0.25, 0.3) is 0 Å². The predicted octanol–water partition coefficient (Wildman–Crippen LogP) is 1.83. The van der Waals surface area contributed by atoms with Crippen molar-refractivity contribution >= 4 is 10.0 Å². The number of aliphatic hydroxyl groups is 1. The number of hydrogen-bond acceptors (Lipinski definition) is 5. The van der Waals surface area contributed by atoms with E-state index in [0.717, 1.165) is 0 Å². The Morgan fingerprint density at radius 3 is 2.59 bits per heavy atom. The fraction of sp³-hybridized carbons (Fsp3) is 0.600. The first-order chi connectivity index (χ1) is 10.3. The Hall–Kier alpha value is -1.31. The summed E-state index contributed by atoms with van der Waals surface area (Å²) >= 11 is 0. The van der Waals surface area contributed by atoms with Gasteiger partial charge < -0.3 is 14.6 Å². The van der Waals surface area contributed by atoms with Crippen molar-refractivity contribution in [1.29, 1.82) is 0 Å². The average molecular weight is 329 g/mol. The average Bonchev–Trinajstić information content (AvgIpc) is 2.91. The maximum Gasteiger partial charge on any atom is 0.243 e. The molecule has 0 bridgehead atoms. The predicted molar refractivity (Wildman–Crippen MR) is 82.5 cm³/mol. The third kappa shape index (κ3) is 3.53. The van der Waals surface area contributed by atoms with Gasteiger partial charge in [-0.05, 0) is 24.0 Å². The molecule has 0 saturated heterocycles. The third-order valence-electron chi connectivity index (χ3n) is 3.73. The van der Waals surface area contributed by atoms with Crippen molar-refractivity contribution in [2.24, 2.45) is 5.41 Å². The number of sulfonamides is 1. The molecule has 124 valence electrons. The number of benzene rings is 1. The second-order valence-electron chi connectivity index (χ2n) is 6.08. The second kappa shape index (κ2) is 6.44. The Morgan fingerprint density at radius 1 is 1.27 bits per heavy atom. The molecule has 0 radical (unpaired) electrons. The summed E-state index contributed by atoms with van der Waals surface area (Å²) in [5.74, 6) is 1.01. The topological polar surface area (TPSA) is 76.1 Å². The molecule has 2 rings (SSSR count). The maximum atomic E-state index is 12.8. The van der Waals surface area contributed by atoms with Crippen molar-refractivity contribution in [2.75, 3.05) is 26.5 Å². The quantitative estimate of drug-likeness (QED) is 0.826. The van der Waals surface area contributed by atoms with Gasteiger partial charge in [0, 0.05) is 25.8 Å². The van der Waals surface area contributed by atoms with Crippen LogP contribution >= 0.6 is 0 Å². The molecule has 22 heavy (non-hydrogen) atoms. The van der Waals surface area contributed by atoms with Crippen LogP contribution < -0.4 is 9.47 Å². The molecule has 0 aromatic heterocycles. The van der Waals surface area contributed by atoms with Crippen LogP contribution in [-0.4, -0.2) is 44.3 Å². The van der Waals surface area contributed by atoms with E-state index in [1.165, 1.54) is 16.4 Å². The van der Waals surface area contributed by atoms with E-state index in [1.54, 1.807) is 13.0 Å². The zero-order chi connectivity index (χ0) is 16.4. The molecule has 0 saturated carbocycles. The van der Waals surface area contributed by atoms with E-state index in [1.807, 2.05) is 13.8 Å². The zero-order valence-corrected chi connectivity index (χ0v) is 14.0. The Morgan fingerprint density at radius 2 is 1.95 bits per heavy atom. The SMILES string of the molecule is CCN(CC(C)(C)CCO)S(=O)(=O)c1ccc2c(c1)OCO2. The molecule has 0 spiro atoms. The van der Waals surface area contributed by atoms with Crippen LogP contribution in [0.3, 0.4) is 0 Å². The van der Waals surface area contributed by atoms with Crippen LogP contribution in [0.4, 0.5) is 0 Å². The van der Waals surface area contributed by atoms with Crippen molar-refractivity contribution in [3.8, 4) is 11.5 Å². The van der Waals surface area contributed by atoms with Crippen LogP contribution in [0.15, 0.2) is 23.1 Å².